The van der Waals surface area contributed by atoms with Crippen LogP contribution >= 0.6 is 0 Å². The van der Waals surface area contributed by atoms with Crippen molar-refractivity contribution in [3.63, 3.8) is 0 Å². The minimum Gasteiger partial charge on any atom is -0.367 e. The number of fused-ring (bicyclic) bond motifs is 1. The van der Waals surface area contributed by atoms with E-state index in [1.54, 1.807) is 12.3 Å². The van der Waals surface area contributed by atoms with Crippen molar-refractivity contribution in [2.45, 2.75) is 0 Å². The fraction of sp³-hybridized carbons (Fsp3) is 0.222. The SMILES string of the molecule is O=Cc1cnn2ccc(NCCF)nc12. The van der Waals surface area contributed by atoms with Gasteiger partial charge in [0.25, 0.3) is 0 Å². The molecule has 0 aliphatic carbocycles. The second-order valence-corrected chi connectivity index (χ2v) is 2.91. The van der Waals surface area contributed by atoms with E-state index in [-0.39, 0.29) is 6.54 Å². The van der Waals surface area contributed by atoms with Gasteiger partial charge in [-0.3, -0.25) is 4.79 Å². The molecule has 2 rings (SSSR count). The first kappa shape index (κ1) is 9.57. The average molecular weight is 208 g/mol. The summed E-state index contributed by atoms with van der Waals surface area (Å²) < 4.78 is 13.4. The first-order chi connectivity index (χ1) is 7.35. The van der Waals surface area contributed by atoms with Crippen LogP contribution in [-0.4, -0.2) is 34.1 Å². The highest BCUT2D eigenvalue weighted by atomic mass is 19.1. The number of hydrogen-bond donors (Lipinski definition) is 1. The van der Waals surface area contributed by atoms with E-state index in [0.29, 0.717) is 23.3 Å². The number of hydrogen-bond acceptors (Lipinski definition) is 4. The van der Waals surface area contributed by atoms with Gasteiger partial charge in [0.15, 0.2) is 11.9 Å². The van der Waals surface area contributed by atoms with Crippen molar-refractivity contribution in [3.8, 4) is 0 Å². The quantitative estimate of drug-likeness (QED) is 0.759. The summed E-state index contributed by atoms with van der Waals surface area (Å²) in [4.78, 5) is 14.8. The molecule has 2 heterocycles. The molecule has 0 aliphatic rings. The second-order valence-electron chi connectivity index (χ2n) is 2.91. The normalized spacial score (nSPS) is 10.5. The second kappa shape index (κ2) is 4.04. The highest BCUT2D eigenvalue weighted by Gasteiger charge is 2.04. The van der Waals surface area contributed by atoms with Crippen LogP contribution < -0.4 is 5.32 Å². The van der Waals surface area contributed by atoms with Crippen LogP contribution in [0.5, 0.6) is 0 Å². The maximum Gasteiger partial charge on any atom is 0.167 e. The van der Waals surface area contributed by atoms with E-state index < -0.39 is 6.67 Å². The molecule has 2 aromatic heterocycles. The van der Waals surface area contributed by atoms with Crippen LogP contribution in [0.2, 0.25) is 0 Å². The molecule has 0 bridgehead atoms. The molecule has 1 N–H and O–H groups in total. The molecule has 0 fully saturated rings. The number of halogens is 1. The first-order valence-electron chi connectivity index (χ1n) is 4.44. The van der Waals surface area contributed by atoms with Crippen LogP contribution in [0.25, 0.3) is 5.65 Å². The van der Waals surface area contributed by atoms with Gasteiger partial charge in [0.1, 0.15) is 12.5 Å². The fourth-order valence-corrected chi connectivity index (χ4v) is 1.24. The van der Waals surface area contributed by atoms with Crippen LogP contribution in [-0.2, 0) is 0 Å². The van der Waals surface area contributed by atoms with Crippen molar-refractivity contribution in [2.24, 2.45) is 0 Å². The fourth-order valence-electron chi connectivity index (χ4n) is 1.24. The Hall–Kier alpha value is -1.98. The molecule has 6 heteroatoms. The summed E-state index contributed by atoms with van der Waals surface area (Å²) in [7, 11) is 0. The Balaban J connectivity index is 2.39. The molecule has 0 amide bonds. The molecular weight excluding hydrogens is 199 g/mol. The molecule has 0 unspecified atom stereocenters. The monoisotopic (exact) mass is 208 g/mol. The molecule has 0 atom stereocenters. The Morgan fingerprint density at radius 3 is 3.20 bits per heavy atom. The lowest BCUT2D eigenvalue weighted by atomic mass is 10.4. The summed E-state index contributed by atoms with van der Waals surface area (Å²) >= 11 is 0. The van der Waals surface area contributed by atoms with E-state index in [4.69, 9.17) is 0 Å². The summed E-state index contributed by atoms with van der Waals surface area (Å²) in [6, 6.07) is 1.67. The molecule has 0 spiro atoms. The highest BCUT2D eigenvalue weighted by Crippen LogP contribution is 2.09. The molecule has 0 saturated heterocycles. The predicted molar refractivity (Wildman–Crippen MR) is 52.8 cm³/mol. The van der Waals surface area contributed by atoms with E-state index in [9.17, 15) is 9.18 Å². The van der Waals surface area contributed by atoms with Crippen LogP contribution in [0, 0.1) is 0 Å². The van der Waals surface area contributed by atoms with E-state index in [1.807, 2.05) is 0 Å². The number of rotatable bonds is 4. The van der Waals surface area contributed by atoms with Crippen molar-refractivity contribution < 1.29 is 9.18 Å². The van der Waals surface area contributed by atoms with Gasteiger partial charge < -0.3 is 5.32 Å². The highest BCUT2D eigenvalue weighted by molar-refractivity contribution is 5.83. The van der Waals surface area contributed by atoms with Crippen molar-refractivity contribution in [1.82, 2.24) is 14.6 Å². The van der Waals surface area contributed by atoms with Crippen molar-refractivity contribution in [1.29, 1.82) is 0 Å². The van der Waals surface area contributed by atoms with Gasteiger partial charge in [-0.05, 0) is 6.07 Å². The molecule has 78 valence electrons. The number of carbonyl (C=O) groups excluding carboxylic acids is 1. The smallest absolute Gasteiger partial charge is 0.167 e. The molecule has 15 heavy (non-hydrogen) atoms. The van der Waals surface area contributed by atoms with Gasteiger partial charge in [-0.1, -0.05) is 0 Å². The number of alkyl halides is 1. The lowest BCUT2D eigenvalue weighted by Crippen LogP contribution is -2.05. The molecule has 0 radical (unpaired) electrons. The maximum atomic E-state index is 11.9. The molecule has 0 aliphatic heterocycles. The maximum absolute atomic E-state index is 11.9. The lowest BCUT2D eigenvalue weighted by Gasteiger charge is -2.02. The van der Waals surface area contributed by atoms with E-state index in [1.165, 1.54) is 10.7 Å². The minimum atomic E-state index is -0.466. The Morgan fingerprint density at radius 1 is 1.60 bits per heavy atom. The third kappa shape index (κ3) is 1.78. The van der Waals surface area contributed by atoms with Gasteiger partial charge in [0.05, 0.1) is 11.8 Å². The van der Waals surface area contributed by atoms with Crippen LogP contribution in [0.15, 0.2) is 18.5 Å². The summed E-state index contributed by atoms with van der Waals surface area (Å²) in [5.41, 5.74) is 0.882. The first-order valence-corrected chi connectivity index (χ1v) is 4.44. The summed E-state index contributed by atoms with van der Waals surface area (Å²) in [6.07, 6.45) is 3.79. The van der Waals surface area contributed by atoms with E-state index in [0.717, 1.165) is 0 Å². The Kier molecular flexibility index (Phi) is 2.57. The number of aromatic nitrogens is 3. The van der Waals surface area contributed by atoms with Gasteiger partial charge in [0.2, 0.25) is 0 Å². The number of nitrogens with one attached hydrogen (secondary N) is 1. The number of carbonyl (C=O) groups is 1. The zero-order valence-electron chi connectivity index (χ0n) is 7.85. The third-order valence-electron chi connectivity index (χ3n) is 1.92. The molecule has 5 nitrogen and oxygen atoms in total. The average Bonchev–Trinajstić information content (AvgIpc) is 2.68. The number of aldehydes is 1. The number of anilines is 1. The van der Waals surface area contributed by atoms with Gasteiger partial charge in [-0.2, -0.15) is 5.10 Å². The van der Waals surface area contributed by atoms with Crippen LogP contribution in [0.1, 0.15) is 10.4 Å². The summed E-state index contributed by atoms with van der Waals surface area (Å²) in [5, 5.41) is 6.72. The Morgan fingerprint density at radius 2 is 2.47 bits per heavy atom. The molecular formula is C9H9FN4O. The zero-order valence-corrected chi connectivity index (χ0v) is 7.85. The lowest BCUT2D eigenvalue weighted by molar-refractivity contribution is 0.112. The minimum absolute atomic E-state index is 0.202. The van der Waals surface area contributed by atoms with E-state index >= 15 is 0 Å². The van der Waals surface area contributed by atoms with Crippen molar-refractivity contribution in [2.75, 3.05) is 18.5 Å². The van der Waals surface area contributed by atoms with Crippen molar-refractivity contribution in [3.05, 3.63) is 24.0 Å². The van der Waals surface area contributed by atoms with Crippen LogP contribution in [0.3, 0.4) is 0 Å². The predicted octanol–water partition coefficient (Wildman–Crippen LogP) is 0.923. The standard InChI is InChI=1S/C9H9FN4O/c10-2-3-11-8-1-4-14-9(13-8)7(6-15)5-12-14/h1,4-6H,2-3H2,(H,11,13). The van der Waals surface area contributed by atoms with Crippen molar-refractivity contribution >= 4 is 17.8 Å². The Labute approximate surface area is 84.9 Å². The molecule has 0 aromatic carbocycles. The van der Waals surface area contributed by atoms with Crippen LogP contribution in [0.4, 0.5) is 10.2 Å². The van der Waals surface area contributed by atoms with Gasteiger partial charge in [-0.25, -0.2) is 13.9 Å². The zero-order chi connectivity index (χ0) is 10.7. The number of nitrogens with zero attached hydrogens (tertiary/aromatic N) is 3. The largest absolute Gasteiger partial charge is 0.367 e. The van der Waals surface area contributed by atoms with Gasteiger partial charge >= 0.3 is 0 Å². The molecule has 2 aromatic rings. The Bertz CT molecular complexity index is 482. The topological polar surface area (TPSA) is 59.3 Å². The molecule has 0 saturated carbocycles. The van der Waals surface area contributed by atoms with Gasteiger partial charge in [0, 0.05) is 12.7 Å². The summed E-state index contributed by atoms with van der Waals surface area (Å²) in [6.45, 7) is -0.263. The van der Waals surface area contributed by atoms with E-state index in [2.05, 4.69) is 15.4 Å². The van der Waals surface area contributed by atoms with Gasteiger partial charge in [-0.15, -0.1) is 0 Å². The third-order valence-corrected chi connectivity index (χ3v) is 1.92. The summed E-state index contributed by atoms with van der Waals surface area (Å²) in [5.74, 6) is 0.531.